The maximum atomic E-state index is 5.31. The highest BCUT2D eigenvalue weighted by Gasteiger charge is 2.11. The molecule has 0 aliphatic heterocycles. The molecule has 0 saturated heterocycles. The largest absolute Gasteiger partial charge is 0.495 e. The Kier molecular flexibility index (Phi) is 5.77. The molecule has 0 spiro atoms. The van der Waals surface area contributed by atoms with E-state index in [1.807, 2.05) is 12.1 Å². The Morgan fingerprint density at radius 1 is 1.19 bits per heavy atom. The molecule has 0 radical (unpaired) electrons. The van der Waals surface area contributed by atoms with Crippen LogP contribution in [0, 0.1) is 0 Å². The minimum absolute atomic E-state index is 0.607. The normalized spacial score (nSPS) is 10.5. The van der Waals surface area contributed by atoms with Gasteiger partial charge in [-0.1, -0.05) is 0 Å². The van der Waals surface area contributed by atoms with Gasteiger partial charge in [0.15, 0.2) is 0 Å². The van der Waals surface area contributed by atoms with Gasteiger partial charge in [0.2, 0.25) is 5.13 Å². The lowest BCUT2D eigenvalue weighted by atomic mass is 10.3. The number of hydrogen-bond donors (Lipinski definition) is 1. The number of nitrogens with one attached hydrogen (secondary N) is 1. The van der Waals surface area contributed by atoms with E-state index >= 15 is 0 Å². The van der Waals surface area contributed by atoms with Crippen LogP contribution in [0.2, 0.25) is 0 Å². The number of rotatable bonds is 7. The molecule has 0 saturated carbocycles. The minimum Gasteiger partial charge on any atom is -0.495 e. The van der Waals surface area contributed by atoms with Crippen LogP contribution in [0.4, 0.5) is 10.8 Å². The SMILES string of the molecule is COCCc1nsc(Nc2cc(OC)c(Br)c(OC)c2)n1. The number of benzene rings is 1. The van der Waals surface area contributed by atoms with E-state index in [-0.39, 0.29) is 0 Å². The van der Waals surface area contributed by atoms with Crippen molar-refractivity contribution in [1.29, 1.82) is 0 Å². The van der Waals surface area contributed by atoms with E-state index in [1.165, 1.54) is 11.5 Å². The lowest BCUT2D eigenvalue weighted by Crippen LogP contribution is -1.97. The molecule has 0 bridgehead atoms. The van der Waals surface area contributed by atoms with Crippen molar-refractivity contribution in [2.75, 3.05) is 33.3 Å². The zero-order chi connectivity index (χ0) is 15.2. The minimum atomic E-state index is 0.607. The smallest absolute Gasteiger partial charge is 0.207 e. The predicted octanol–water partition coefficient (Wildman–Crippen LogP) is 3.25. The van der Waals surface area contributed by atoms with Crippen LogP contribution in [0.3, 0.4) is 0 Å². The molecule has 8 heteroatoms. The number of nitrogens with zero attached hydrogens (tertiary/aromatic N) is 2. The molecule has 21 heavy (non-hydrogen) atoms. The first-order chi connectivity index (χ1) is 10.2. The Bertz CT molecular complexity index is 581. The molecular formula is C13H16BrN3O3S. The Morgan fingerprint density at radius 3 is 2.43 bits per heavy atom. The number of methoxy groups -OCH3 is 3. The summed E-state index contributed by atoms with van der Waals surface area (Å²) in [6, 6.07) is 3.73. The molecule has 0 atom stereocenters. The van der Waals surface area contributed by atoms with Crippen LogP contribution in [0.1, 0.15) is 5.82 Å². The Balaban J connectivity index is 2.17. The fourth-order valence-corrected chi connectivity index (χ4v) is 2.85. The average molecular weight is 374 g/mol. The Hall–Kier alpha value is -1.38. The molecule has 1 aromatic carbocycles. The first kappa shape index (κ1) is 16.0. The van der Waals surface area contributed by atoms with E-state index in [4.69, 9.17) is 14.2 Å². The highest BCUT2D eigenvalue weighted by atomic mass is 79.9. The van der Waals surface area contributed by atoms with Crippen LogP contribution in [0.25, 0.3) is 0 Å². The van der Waals surface area contributed by atoms with Crippen LogP contribution in [0.15, 0.2) is 16.6 Å². The number of ether oxygens (including phenoxy) is 3. The van der Waals surface area contributed by atoms with Crippen LogP contribution in [-0.2, 0) is 11.2 Å². The summed E-state index contributed by atoms with van der Waals surface area (Å²) >= 11 is 4.74. The summed E-state index contributed by atoms with van der Waals surface area (Å²) in [5.41, 5.74) is 0.821. The lowest BCUT2D eigenvalue weighted by Gasteiger charge is -2.11. The summed E-state index contributed by atoms with van der Waals surface area (Å²) in [7, 11) is 4.88. The predicted molar refractivity (Wildman–Crippen MR) is 86.0 cm³/mol. The van der Waals surface area contributed by atoms with Crippen molar-refractivity contribution in [2.45, 2.75) is 6.42 Å². The zero-order valence-corrected chi connectivity index (χ0v) is 14.4. The highest BCUT2D eigenvalue weighted by molar-refractivity contribution is 9.10. The van der Waals surface area contributed by atoms with Crippen molar-refractivity contribution in [1.82, 2.24) is 9.36 Å². The van der Waals surface area contributed by atoms with E-state index in [2.05, 4.69) is 30.6 Å². The third-order valence-corrected chi connectivity index (χ3v) is 4.14. The van der Waals surface area contributed by atoms with Crippen molar-refractivity contribution in [3.8, 4) is 11.5 Å². The van der Waals surface area contributed by atoms with E-state index in [1.54, 1.807) is 21.3 Å². The second-order valence-electron chi connectivity index (χ2n) is 4.08. The molecule has 1 heterocycles. The molecule has 1 N–H and O–H groups in total. The first-order valence-corrected chi connectivity index (χ1v) is 7.74. The fourth-order valence-electron chi connectivity index (χ4n) is 1.66. The van der Waals surface area contributed by atoms with Crippen molar-refractivity contribution in [2.24, 2.45) is 0 Å². The van der Waals surface area contributed by atoms with Crippen LogP contribution in [-0.4, -0.2) is 37.3 Å². The van der Waals surface area contributed by atoms with E-state index in [9.17, 15) is 0 Å². The van der Waals surface area contributed by atoms with Gasteiger partial charge in [-0.15, -0.1) is 0 Å². The molecule has 0 aliphatic carbocycles. The van der Waals surface area contributed by atoms with Crippen molar-refractivity contribution in [3.63, 3.8) is 0 Å². The van der Waals surface area contributed by atoms with Crippen molar-refractivity contribution >= 4 is 38.3 Å². The number of aromatic nitrogens is 2. The Morgan fingerprint density at radius 2 is 1.86 bits per heavy atom. The monoisotopic (exact) mass is 373 g/mol. The third-order valence-electron chi connectivity index (χ3n) is 2.69. The number of halogens is 1. The number of anilines is 2. The standard InChI is InChI=1S/C13H16BrN3O3S/c1-18-5-4-11-16-13(21-17-11)15-8-6-9(19-2)12(14)10(7-8)20-3/h6-7H,4-5H2,1-3H3,(H,15,16,17). The van der Waals surface area contributed by atoms with E-state index in [0.717, 1.165) is 16.0 Å². The van der Waals surface area contributed by atoms with Crippen LogP contribution < -0.4 is 14.8 Å². The third kappa shape index (κ3) is 4.05. The molecule has 0 amide bonds. The van der Waals surface area contributed by atoms with Gasteiger partial charge in [0, 0.05) is 42.9 Å². The quantitative estimate of drug-likeness (QED) is 0.803. The van der Waals surface area contributed by atoms with Gasteiger partial charge in [-0.05, 0) is 15.9 Å². The lowest BCUT2D eigenvalue weighted by molar-refractivity contribution is 0.201. The van der Waals surface area contributed by atoms with Gasteiger partial charge in [-0.25, -0.2) is 4.98 Å². The molecule has 0 unspecified atom stereocenters. The Labute approximate surface area is 135 Å². The first-order valence-electron chi connectivity index (χ1n) is 6.18. The topological polar surface area (TPSA) is 65.5 Å². The van der Waals surface area contributed by atoms with Gasteiger partial charge >= 0.3 is 0 Å². The fraction of sp³-hybridized carbons (Fsp3) is 0.385. The van der Waals surface area contributed by atoms with E-state index < -0.39 is 0 Å². The summed E-state index contributed by atoms with van der Waals surface area (Å²) in [5, 5.41) is 3.92. The van der Waals surface area contributed by atoms with Gasteiger partial charge in [-0.3, -0.25) is 0 Å². The van der Waals surface area contributed by atoms with Crippen molar-refractivity contribution < 1.29 is 14.2 Å². The maximum Gasteiger partial charge on any atom is 0.207 e. The van der Waals surface area contributed by atoms with Gasteiger partial charge < -0.3 is 19.5 Å². The molecule has 2 rings (SSSR count). The average Bonchev–Trinajstić information content (AvgIpc) is 2.94. The van der Waals surface area contributed by atoms with Crippen LogP contribution >= 0.6 is 27.5 Å². The molecule has 114 valence electrons. The van der Waals surface area contributed by atoms with Crippen molar-refractivity contribution in [3.05, 3.63) is 22.4 Å². The molecule has 0 fully saturated rings. The molecule has 0 aliphatic rings. The maximum absolute atomic E-state index is 5.31. The molecular weight excluding hydrogens is 358 g/mol. The summed E-state index contributed by atoms with van der Waals surface area (Å²) in [4.78, 5) is 4.40. The van der Waals surface area contributed by atoms with Crippen LogP contribution in [0.5, 0.6) is 11.5 Å². The molecule has 2 aromatic rings. The summed E-state index contributed by atoms with van der Waals surface area (Å²) in [5.74, 6) is 2.13. The second-order valence-corrected chi connectivity index (χ2v) is 5.62. The number of hydrogen-bond acceptors (Lipinski definition) is 7. The summed E-state index contributed by atoms with van der Waals surface area (Å²) in [6.45, 7) is 0.607. The molecule has 1 aromatic heterocycles. The highest BCUT2D eigenvalue weighted by Crippen LogP contribution is 2.38. The summed E-state index contributed by atoms with van der Waals surface area (Å²) in [6.07, 6.45) is 0.696. The van der Waals surface area contributed by atoms with Gasteiger partial charge in [0.25, 0.3) is 0 Å². The van der Waals surface area contributed by atoms with E-state index in [0.29, 0.717) is 29.7 Å². The summed E-state index contributed by atoms with van der Waals surface area (Å²) < 4.78 is 20.7. The zero-order valence-electron chi connectivity index (χ0n) is 12.0. The van der Waals surface area contributed by atoms with Gasteiger partial charge in [0.1, 0.15) is 21.8 Å². The van der Waals surface area contributed by atoms with Gasteiger partial charge in [0.05, 0.1) is 20.8 Å². The van der Waals surface area contributed by atoms with Gasteiger partial charge in [-0.2, -0.15) is 4.37 Å². The second kappa shape index (κ2) is 7.58. The molecule has 6 nitrogen and oxygen atoms in total.